The second-order valence-electron chi connectivity index (χ2n) is 4.76. The molecule has 0 bridgehead atoms. The predicted molar refractivity (Wildman–Crippen MR) is 85.7 cm³/mol. The Kier molecular flexibility index (Phi) is 3.31. The van der Waals surface area contributed by atoms with Gasteiger partial charge in [0.1, 0.15) is 4.88 Å². The fourth-order valence-electron chi connectivity index (χ4n) is 2.14. The summed E-state index contributed by atoms with van der Waals surface area (Å²) in [6, 6.07) is 5.53. The number of aryl methyl sites for hydroxylation is 2. The second kappa shape index (κ2) is 5.14. The molecule has 0 saturated carbocycles. The monoisotopic (exact) mass is 298 g/mol. The Bertz CT molecular complexity index is 841. The topological polar surface area (TPSA) is 80.9 Å². The highest BCUT2D eigenvalue weighted by Crippen LogP contribution is 2.33. The Labute approximate surface area is 125 Å². The fraction of sp³-hybridized carbons (Fsp3) is 0.133. The largest absolute Gasteiger partial charge is 0.397 e. The minimum absolute atomic E-state index is 0.220. The molecule has 0 fully saturated rings. The summed E-state index contributed by atoms with van der Waals surface area (Å²) in [6.07, 6.45) is 3.38. The third-order valence-corrected chi connectivity index (χ3v) is 4.37. The molecule has 3 heterocycles. The summed E-state index contributed by atoms with van der Waals surface area (Å²) >= 11 is 1.34. The number of hydrogen-bond donors (Lipinski definition) is 2. The summed E-state index contributed by atoms with van der Waals surface area (Å²) in [7, 11) is 0. The molecule has 3 rings (SSSR count). The predicted octanol–water partition coefficient (Wildman–Crippen LogP) is 3.14. The summed E-state index contributed by atoms with van der Waals surface area (Å²) in [5.74, 6) is -0.220. The lowest BCUT2D eigenvalue weighted by Crippen LogP contribution is -2.13. The van der Waals surface area contributed by atoms with E-state index in [1.807, 2.05) is 32.0 Å². The van der Waals surface area contributed by atoms with Gasteiger partial charge in [0.05, 0.1) is 21.8 Å². The molecule has 5 nitrogen and oxygen atoms in total. The highest BCUT2D eigenvalue weighted by Gasteiger charge is 2.17. The van der Waals surface area contributed by atoms with E-state index in [-0.39, 0.29) is 5.91 Å². The number of nitrogens with two attached hydrogens (primary N) is 1. The number of amides is 1. The standard InChI is InChI=1S/C15H14N4OS/c1-8-3-4-11(9(2)18-8)19-15(20)14-13(16)10-5-6-17-7-12(10)21-14/h3-7H,16H2,1-2H3,(H,19,20). The van der Waals surface area contributed by atoms with Gasteiger partial charge in [-0.3, -0.25) is 14.8 Å². The first-order chi connectivity index (χ1) is 10.1. The lowest BCUT2D eigenvalue weighted by molar-refractivity contribution is 0.103. The molecule has 0 spiro atoms. The number of pyridine rings is 2. The van der Waals surface area contributed by atoms with Crippen molar-refractivity contribution in [2.24, 2.45) is 0 Å². The Hall–Kier alpha value is -2.47. The SMILES string of the molecule is Cc1ccc(NC(=O)c2sc3cnccc3c2N)c(C)n1. The molecule has 3 aromatic heterocycles. The zero-order chi connectivity index (χ0) is 15.0. The van der Waals surface area contributed by atoms with E-state index in [2.05, 4.69) is 15.3 Å². The molecular formula is C15H14N4OS. The van der Waals surface area contributed by atoms with Crippen LogP contribution in [0.4, 0.5) is 11.4 Å². The van der Waals surface area contributed by atoms with E-state index in [9.17, 15) is 4.79 Å². The van der Waals surface area contributed by atoms with Gasteiger partial charge in [-0.05, 0) is 32.0 Å². The van der Waals surface area contributed by atoms with Gasteiger partial charge in [-0.25, -0.2) is 0 Å². The van der Waals surface area contributed by atoms with E-state index in [0.717, 1.165) is 21.5 Å². The van der Waals surface area contributed by atoms with Crippen LogP contribution in [0.5, 0.6) is 0 Å². The average Bonchev–Trinajstić information content (AvgIpc) is 2.80. The van der Waals surface area contributed by atoms with Crippen molar-refractivity contribution in [1.29, 1.82) is 0 Å². The zero-order valence-corrected chi connectivity index (χ0v) is 12.5. The van der Waals surface area contributed by atoms with Crippen LogP contribution in [0.15, 0.2) is 30.6 Å². The summed E-state index contributed by atoms with van der Waals surface area (Å²) < 4.78 is 0.902. The molecule has 3 N–H and O–H groups in total. The molecule has 0 atom stereocenters. The fourth-order valence-corrected chi connectivity index (χ4v) is 3.12. The van der Waals surface area contributed by atoms with Crippen LogP contribution in [-0.2, 0) is 0 Å². The Morgan fingerprint density at radius 3 is 2.81 bits per heavy atom. The molecule has 0 aromatic carbocycles. The molecule has 1 amide bonds. The van der Waals surface area contributed by atoms with Crippen molar-refractivity contribution in [2.45, 2.75) is 13.8 Å². The number of rotatable bonds is 2. The number of nitrogens with one attached hydrogen (secondary N) is 1. The van der Waals surface area contributed by atoms with Crippen molar-refractivity contribution in [1.82, 2.24) is 9.97 Å². The number of carbonyl (C=O) groups excluding carboxylic acids is 1. The van der Waals surface area contributed by atoms with Gasteiger partial charge in [0.25, 0.3) is 5.91 Å². The van der Waals surface area contributed by atoms with Gasteiger partial charge in [0.15, 0.2) is 0 Å². The summed E-state index contributed by atoms with van der Waals surface area (Å²) in [5.41, 5.74) is 8.95. The summed E-state index contributed by atoms with van der Waals surface area (Å²) in [5, 5.41) is 3.72. The third kappa shape index (κ3) is 2.45. The van der Waals surface area contributed by atoms with Gasteiger partial charge in [0.2, 0.25) is 0 Å². The van der Waals surface area contributed by atoms with Crippen molar-refractivity contribution >= 4 is 38.7 Å². The molecule has 0 radical (unpaired) electrons. The van der Waals surface area contributed by atoms with E-state index in [1.165, 1.54) is 11.3 Å². The number of anilines is 2. The van der Waals surface area contributed by atoms with Gasteiger partial charge < -0.3 is 11.1 Å². The smallest absolute Gasteiger partial charge is 0.267 e. The molecule has 3 aromatic rings. The van der Waals surface area contributed by atoms with Gasteiger partial charge in [-0.1, -0.05) is 0 Å². The maximum absolute atomic E-state index is 12.4. The third-order valence-electron chi connectivity index (χ3n) is 3.21. The number of carbonyl (C=O) groups is 1. The highest BCUT2D eigenvalue weighted by atomic mass is 32.1. The van der Waals surface area contributed by atoms with E-state index < -0.39 is 0 Å². The summed E-state index contributed by atoms with van der Waals surface area (Å²) in [4.78, 5) is 21.3. The first-order valence-electron chi connectivity index (χ1n) is 6.44. The van der Waals surface area contributed by atoms with Crippen LogP contribution in [0.3, 0.4) is 0 Å². The maximum Gasteiger partial charge on any atom is 0.267 e. The minimum atomic E-state index is -0.220. The number of hydrogen-bond acceptors (Lipinski definition) is 5. The van der Waals surface area contributed by atoms with Crippen LogP contribution in [0.1, 0.15) is 21.1 Å². The number of thiophene rings is 1. The van der Waals surface area contributed by atoms with E-state index >= 15 is 0 Å². The molecular weight excluding hydrogens is 284 g/mol. The molecule has 0 saturated heterocycles. The van der Waals surface area contributed by atoms with Crippen molar-refractivity contribution in [3.8, 4) is 0 Å². The first kappa shape index (κ1) is 13.5. The highest BCUT2D eigenvalue weighted by molar-refractivity contribution is 7.21. The average molecular weight is 298 g/mol. The number of fused-ring (bicyclic) bond motifs is 1. The lowest BCUT2D eigenvalue weighted by Gasteiger charge is -2.07. The molecule has 106 valence electrons. The van der Waals surface area contributed by atoms with Crippen molar-refractivity contribution in [3.63, 3.8) is 0 Å². The van der Waals surface area contributed by atoms with Gasteiger partial charge in [-0.2, -0.15) is 0 Å². The molecule has 21 heavy (non-hydrogen) atoms. The number of nitrogen functional groups attached to an aromatic ring is 1. The maximum atomic E-state index is 12.4. The Morgan fingerprint density at radius 1 is 1.29 bits per heavy atom. The number of aromatic nitrogens is 2. The van der Waals surface area contributed by atoms with Crippen molar-refractivity contribution < 1.29 is 4.79 Å². The normalized spacial score (nSPS) is 10.8. The zero-order valence-electron chi connectivity index (χ0n) is 11.7. The quantitative estimate of drug-likeness (QED) is 0.761. The minimum Gasteiger partial charge on any atom is -0.397 e. The summed E-state index contributed by atoms with van der Waals surface area (Å²) in [6.45, 7) is 3.77. The Balaban J connectivity index is 1.95. The number of nitrogens with zero attached hydrogens (tertiary/aromatic N) is 2. The van der Waals surface area contributed by atoms with Crippen molar-refractivity contribution in [2.75, 3.05) is 11.1 Å². The van der Waals surface area contributed by atoms with Crippen LogP contribution < -0.4 is 11.1 Å². The molecule has 6 heteroatoms. The van der Waals surface area contributed by atoms with Gasteiger partial charge in [0, 0.05) is 23.5 Å². The molecule has 0 aliphatic carbocycles. The van der Waals surface area contributed by atoms with Crippen LogP contribution in [0, 0.1) is 13.8 Å². The van der Waals surface area contributed by atoms with Crippen LogP contribution in [0.25, 0.3) is 10.1 Å². The molecule has 0 aliphatic rings. The van der Waals surface area contributed by atoms with E-state index in [4.69, 9.17) is 5.73 Å². The lowest BCUT2D eigenvalue weighted by atomic mass is 10.2. The van der Waals surface area contributed by atoms with E-state index in [0.29, 0.717) is 16.3 Å². The first-order valence-corrected chi connectivity index (χ1v) is 7.25. The van der Waals surface area contributed by atoms with Crippen LogP contribution in [0.2, 0.25) is 0 Å². The molecule has 0 aliphatic heterocycles. The van der Waals surface area contributed by atoms with Crippen LogP contribution >= 0.6 is 11.3 Å². The van der Waals surface area contributed by atoms with Gasteiger partial charge >= 0.3 is 0 Å². The van der Waals surface area contributed by atoms with Crippen LogP contribution in [-0.4, -0.2) is 15.9 Å². The van der Waals surface area contributed by atoms with E-state index in [1.54, 1.807) is 12.4 Å². The Morgan fingerprint density at radius 2 is 2.10 bits per heavy atom. The van der Waals surface area contributed by atoms with Crippen molar-refractivity contribution in [3.05, 3.63) is 46.9 Å². The second-order valence-corrected chi connectivity index (χ2v) is 5.81. The van der Waals surface area contributed by atoms with Gasteiger partial charge in [-0.15, -0.1) is 11.3 Å². The molecule has 0 unspecified atom stereocenters.